The van der Waals surface area contributed by atoms with Crippen molar-refractivity contribution < 1.29 is 23.7 Å². The van der Waals surface area contributed by atoms with E-state index in [9.17, 15) is 0 Å². The predicted octanol–water partition coefficient (Wildman–Crippen LogP) is 2.51. The van der Waals surface area contributed by atoms with Crippen molar-refractivity contribution in [1.82, 2.24) is 0 Å². The molecule has 0 aliphatic carbocycles. The Hall–Kier alpha value is 0.0700. The molecule has 0 radical (unpaired) electrons. The van der Waals surface area contributed by atoms with Gasteiger partial charge in [-0.25, -0.2) is 4.57 Å². The number of nitrogens with zero attached hydrogens (tertiary/aromatic N) is 1. The maximum absolute atomic E-state index is 8.88. The molecule has 0 aromatic carbocycles. The van der Waals surface area contributed by atoms with Gasteiger partial charge in [-0.2, -0.15) is 0 Å². The van der Waals surface area contributed by atoms with Gasteiger partial charge in [0.2, 0.25) is 0 Å². The molecular weight excluding hydrogens is 253 g/mol. The van der Waals surface area contributed by atoms with Crippen molar-refractivity contribution in [3.8, 4) is 0 Å². The zero-order valence-corrected chi connectivity index (χ0v) is 13.2. The molecule has 0 saturated heterocycles. The first-order valence-electron chi connectivity index (χ1n) is 6.88. The lowest BCUT2D eigenvalue weighted by atomic mass is 10.2. The minimum absolute atomic E-state index is 1.30. The standard InChI is InChI=1S/C12H28N.H3O4P/c1-5-9-10-11-12-13(6-2,7-3)8-4;1-5(2,3)4/h5-12H2,1-4H3;(H3,1,2,3,4)/q+1;. The van der Waals surface area contributed by atoms with Gasteiger partial charge in [-0.15, -0.1) is 0 Å². The zero-order chi connectivity index (χ0) is 14.7. The number of unbranched alkanes of at least 4 members (excludes halogenated alkanes) is 3. The monoisotopic (exact) mass is 284 g/mol. The summed E-state index contributed by atoms with van der Waals surface area (Å²) in [6.07, 6.45) is 5.61. The summed E-state index contributed by atoms with van der Waals surface area (Å²) in [5.41, 5.74) is 0. The topological polar surface area (TPSA) is 77.8 Å². The fraction of sp³-hybridized carbons (Fsp3) is 1.00. The van der Waals surface area contributed by atoms with E-state index in [0.717, 1.165) is 0 Å². The molecule has 0 atom stereocenters. The number of rotatable bonds is 8. The van der Waals surface area contributed by atoms with E-state index in [-0.39, 0.29) is 0 Å². The van der Waals surface area contributed by atoms with Gasteiger partial charge < -0.3 is 19.2 Å². The fourth-order valence-electron chi connectivity index (χ4n) is 2.02. The SMILES string of the molecule is CCCCCC[N+](CC)(CC)CC.O=P(O)(O)O. The molecule has 0 spiro atoms. The number of hydrogen-bond donors (Lipinski definition) is 3. The summed E-state index contributed by atoms with van der Waals surface area (Å²) in [5.74, 6) is 0. The van der Waals surface area contributed by atoms with Gasteiger partial charge in [0, 0.05) is 0 Å². The summed E-state index contributed by atoms with van der Waals surface area (Å²) >= 11 is 0. The van der Waals surface area contributed by atoms with Gasteiger partial charge in [-0.05, 0) is 33.6 Å². The minimum atomic E-state index is -4.64. The van der Waals surface area contributed by atoms with Crippen LogP contribution in [-0.4, -0.2) is 45.3 Å². The van der Waals surface area contributed by atoms with Crippen LogP contribution in [0.15, 0.2) is 0 Å². The van der Waals surface area contributed by atoms with Crippen LogP contribution in [0.4, 0.5) is 0 Å². The average Bonchev–Trinajstić information content (AvgIpc) is 2.28. The van der Waals surface area contributed by atoms with E-state index in [1.807, 2.05) is 0 Å². The first-order valence-corrected chi connectivity index (χ1v) is 8.44. The van der Waals surface area contributed by atoms with Crippen LogP contribution >= 0.6 is 7.82 Å². The number of hydrogen-bond acceptors (Lipinski definition) is 1. The second-order valence-electron chi connectivity index (χ2n) is 4.59. The quantitative estimate of drug-likeness (QED) is 0.363. The number of quaternary nitrogens is 1. The van der Waals surface area contributed by atoms with E-state index in [4.69, 9.17) is 19.2 Å². The van der Waals surface area contributed by atoms with Gasteiger partial charge in [0.25, 0.3) is 0 Å². The zero-order valence-electron chi connectivity index (χ0n) is 12.3. The third kappa shape index (κ3) is 14.1. The molecular formula is C12H31NO4P+. The van der Waals surface area contributed by atoms with Crippen molar-refractivity contribution in [3.05, 3.63) is 0 Å². The Kier molecular flexibility index (Phi) is 12.4. The Morgan fingerprint density at radius 3 is 1.50 bits per heavy atom. The van der Waals surface area contributed by atoms with Crippen molar-refractivity contribution in [2.45, 2.75) is 53.4 Å². The summed E-state index contributed by atoms with van der Waals surface area (Å²) in [6, 6.07) is 0. The molecule has 0 rings (SSSR count). The molecule has 0 unspecified atom stereocenters. The average molecular weight is 284 g/mol. The van der Waals surface area contributed by atoms with Crippen molar-refractivity contribution >= 4 is 7.82 Å². The first-order chi connectivity index (χ1) is 8.24. The largest absolute Gasteiger partial charge is 0.466 e. The highest BCUT2D eigenvalue weighted by Crippen LogP contribution is 2.25. The second kappa shape index (κ2) is 10.9. The molecule has 6 heteroatoms. The Labute approximate surface area is 112 Å². The van der Waals surface area contributed by atoms with Crippen molar-refractivity contribution in [2.75, 3.05) is 26.2 Å². The second-order valence-corrected chi connectivity index (χ2v) is 5.61. The maximum Gasteiger partial charge on any atom is 0.466 e. The molecule has 0 amide bonds. The van der Waals surface area contributed by atoms with Gasteiger partial charge in [0.05, 0.1) is 26.2 Å². The van der Waals surface area contributed by atoms with Gasteiger partial charge in [-0.1, -0.05) is 19.8 Å². The van der Waals surface area contributed by atoms with Crippen molar-refractivity contribution in [3.63, 3.8) is 0 Å². The molecule has 0 heterocycles. The van der Waals surface area contributed by atoms with Crippen LogP contribution in [-0.2, 0) is 4.57 Å². The van der Waals surface area contributed by atoms with E-state index in [2.05, 4.69) is 27.7 Å². The molecule has 0 aliphatic heterocycles. The fourth-order valence-corrected chi connectivity index (χ4v) is 2.02. The molecule has 18 heavy (non-hydrogen) atoms. The highest BCUT2D eigenvalue weighted by Gasteiger charge is 2.19. The van der Waals surface area contributed by atoms with Gasteiger partial charge in [-0.3, -0.25) is 0 Å². The third-order valence-electron chi connectivity index (χ3n) is 3.50. The van der Waals surface area contributed by atoms with Crippen molar-refractivity contribution in [1.29, 1.82) is 0 Å². The highest BCUT2D eigenvalue weighted by molar-refractivity contribution is 7.45. The smallest absolute Gasteiger partial charge is 0.324 e. The maximum atomic E-state index is 8.88. The van der Waals surface area contributed by atoms with E-state index in [1.54, 1.807) is 0 Å². The summed E-state index contributed by atoms with van der Waals surface area (Å²) < 4.78 is 10.2. The van der Waals surface area contributed by atoms with Crippen LogP contribution in [0.5, 0.6) is 0 Å². The Balaban J connectivity index is 0. The van der Waals surface area contributed by atoms with Crippen LogP contribution in [0.3, 0.4) is 0 Å². The molecule has 5 nitrogen and oxygen atoms in total. The molecule has 0 aromatic heterocycles. The van der Waals surface area contributed by atoms with Crippen LogP contribution in [0.2, 0.25) is 0 Å². The summed E-state index contributed by atoms with van der Waals surface area (Å²) in [6.45, 7) is 14.6. The Morgan fingerprint density at radius 2 is 1.22 bits per heavy atom. The molecule has 0 aromatic rings. The van der Waals surface area contributed by atoms with Gasteiger partial charge in [0.15, 0.2) is 0 Å². The lowest BCUT2D eigenvalue weighted by Gasteiger charge is -2.35. The van der Waals surface area contributed by atoms with Gasteiger partial charge >= 0.3 is 7.82 Å². The molecule has 0 bridgehead atoms. The molecule has 0 saturated carbocycles. The summed E-state index contributed by atoms with van der Waals surface area (Å²) in [4.78, 5) is 21.6. The summed E-state index contributed by atoms with van der Waals surface area (Å²) in [5, 5.41) is 0. The van der Waals surface area contributed by atoms with E-state index in [1.165, 1.54) is 56.3 Å². The third-order valence-corrected chi connectivity index (χ3v) is 3.50. The number of phosphoric acid groups is 1. The van der Waals surface area contributed by atoms with Crippen LogP contribution in [0.1, 0.15) is 53.4 Å². The Bertz CT molecular complexity index is 210. The lowest BCUT2D eigenvalue weighted by Crippen LogP contribution is -2.48. The van der Waals surface area contributed by atoms with E-state index in [0.29, 0.717) is 0 Å². The van der Waals surface area contributed by atoms with E-state index < -0.39 is 7.82 Å². The highest BCUT2D eigenvalue weighted by atomic mass is 31.2. The first kappa shape index (κ1) is 20.4. The minimum Gasteiger partial charge on any atom is -0.324 e. The van der Waals surface area contributed by atoms with Crippen molar-refractivity contribution in [2.24, 2.45) is 0 Å². The van der Waals surface area contributed by atoms with Crippen LogP contribution < -0.4 is 0 Å². The van der Waals surface area contributed by atoms with E-state index >= 15 is 0 Å². The molecule has 0 fully saturated rings. The Morgan fingerprint density at radius 1 is 0.833 bits per heavy atom. The summed E-state index contributed by atoms with van der Waals surface area (Å²) in [7, 11) is -4.64. The normalized spacial score (nSPS) is 11.9. The molecule has 112 valence electrons. The van der Waals surface area contributed by atoms with Crippen LogP contribution in [0.25, 0.3) is 0 Å². The van der Waals surface area contributed by atoms with Crippen LogP contribution in [0, 0.1) is 0 Å². The van der Waals surface area contributed by atoms with Gasteiger partial charge in [0.1, 0.15) is 0 Å². The lowest BCUT2D eigenvalue weighted by molar-refractivity contribution is -0.923. The molecule has 0 aliphatic rings. The molecule has 3 N–H and O–H groups in total. The predicted molar refractivity (Wildman–Crippen MR) is 75.2 cm³/mol.